The summed E-state index contributed by atoms with van der Waals surface area (Å²) in [6, 6.07) is 12.5. The standard InChI is InChI=1S/C35H43N3O7/c1-7-20-36(24-12-16-27(17-13-24)44-9-3)31(40)28-29-32(41)38(23(4)22-39)30(35(29)19-18-34(28,5)45-35)33(42)37(21-8-2)25-10-14-26(43-6)15-11-25/h7-8,10-17,23,28-30,39H,1-2,9,18-22H2,3-6H3/t23-,28-,29+,30?,34+,35?/m1/s1. The molecule has 3 aliphatic heterocycles. The highest BCUT2D eigenvalue weighted by molar-refractivity contribution is 6.07. The number of carbonyl (C=O) groups excluding carboxylic acids is 3. The molecule has 2 unspecified atom stereocenters. The zero-order valence-electron chi connectivity index (χ0n) is 26.5. The van der Waals surface area contributed by atoms with E-state index in [9.17, 15) is 19.5 Å². The molecule has 6 atom stereocenters. The van der Waals surface area contributed by atoms with Crippen LogP contribution >= 0.6 is 0 Å². The Kier molecular flexibility index (Phi) is 9.09. The molecule has 45 heavy (non-hydrogen) atoms. The van der Waals surface area contributed by atoms with Gasteiger partial charge in [-0.3, -0.25) is 14.4 Å². The molecule has 10 nitrogen and oxygen atoms in total. The molecule has 2 aromatic rings. The van der Waals surface area contributed by atoms with Crippen molar-refractivity contribution < 1.29 is 33.7 Å². The maximum atomic E-state index is 14.7. The predicted molar refractivity (Wildman–Crippen MR) is 171 cm³/mol. The van der Waals surface area contributed by atoms with Gasteiger partial charge in [0, 0.05) is 24.5 Å². The van der Waals surface area contributed by atoms with E-state index in [0.717, 1.165) is 0 Å². The van der Waals surface area contributed by atoms with Gasteiger partial charge in [0.1, 0.15) is 23.1 Å². The third kappa shape index (κ3) is 5.29. The molecule has 3 amide bonds. The molecule has 0 saturated carbocycles. The van der Waals surface area contributed by atoms with Gasteiger partial charge in [-0.05, 0) is 82.1 Å². The quantitative estimate of drug-likeness (QED) is 0.339. The van der Waals surface area contributed by atoms with Crippen LogP contribution in [0.2, 0.25) is 0 Å². The Hall–Kier alpha value is -4.15. The molecule has 1 N–H and O–H groups in total. The third-order valence-corrected chi connectivity index (χ3v) is 9.45. The number of benzene rings is 2. The Bertz CT molecular complexity index is 1440. The average molecular weight is 618 g/mol. The fourth-order valence-electron chi connectivity index (χ4n) is 7.45. The number of methoxy groups -OCH3 is 1. The molecule has 3 saturated heterocycles. The summed E-state index contributed by atoms with van der Waals surface area (Å²) >= 11 is 0. The largest absolute Gasteiger partial charge is 0.497 e. The molecule has 3 fully saturated rings. The van der Waals surface area contributed by atoms with Gasteiger partial charge in [0.05, 0.1) is 43.8 Å². The van der Waals surface area contributed by atoms with E-state index in [1.54, 1.807) is 72.4 Å². The summed E-state index contributed by atoms with van der Waals surface area (Å²) in [5.41, 5.74) is -0.988. The summed E-state index contributed by atoms with van der Waals surface area (Å²) in [5.74, 6) is -1.45. The summed E-state index contributed by atoms with van der Waals surface area (Å²) in [6.45, 7) is 13.8. The van der Waals surface area contributed by atoms with E-state index in [0.29, 0.717) is 42.3 Å². The Morgan fingerprint density at radius 2 is 1.58 bits per heavy atom. The number of fused-ring (bicyclic) bond motifs is 1. The first-order valence-electron chi connectivity index (χ1n) is 15.4. The van der Waals surface area contributed by atoms with Crippen molar-refractivity contribution in [3.05, 3.63) is 73.8 Å². The number of hydrogen-bond acceptors (Lipinski definition) is 7. The van der Waals surface area contributed by atoms with E-state index in [1.165, 1.54) is 4.90 Å². The normalized spacial score (nSPS) is 27.1. The summed E-state index contributed by atoms with van der Waals surface area (Å²) in [5, 5.41) is 10.3. The number of amides is 3. The lowest BCUT2D eigenvalue weighted by molar-refractivity contribution is -0.147. The van der Waals surface area contributed by atoms with Crippen LogP contribution in [0.1, 0.15) is 33.6 Å². The smallest absolute Gasteiger partial charge is 0.253 e. The predicted octanol–water partition coefficient (Wildman–Crippen LogP) is 3.98. The first-order valence-corrected chi connectivity index (χ1v) is 15.4. The van der Waals surface area contributed by atoms with Crippen molar-refractivity contribution in [3.8, 4) is 11.5 Å². The van der Waals surface area contributed by atoms with Gasteiger partial charge in [-0.15, -0.1) is 13.2 Å². The number of aliphatic hydroxyl groups is 1. The lowest BCUT2D eigenvalue weighted by atomic mass is 9.66. The summed E-state index contributed by atoms with van der Waals surface area (Å²) < 4.78 is 17.7. The van der Waals surface area contributed by atoms with Gasteiger partial charge < -0.3 is 34.0 Å². The Morgan fingerprint density at radius 1 is 1.02 bits per heavy atom. The minimum Gasteiger partial charge on any atom is -0.497 e. The van der Waals surface area contributed by atoms with Gasteiger partial charge in [-0.25, -0.2) is 0 Å². The Morgan fingerprint density at radius 3 is 2.09 bits per heavy atom. The van der Waals surface area contributed by atoms with Crippen LogP contribution in [0.5, 0.6) is 11.5 Å². The zero-order valence-corrected chi connectivity index (χ0v) is 26.5. The summed E-state index contributed by atoms with van der Waals surface area (Å²) in [6.07, 6.45) is 4.18. The Balaban J connectivity index is 1.57. The molecule has 0 radical (unpaired) electrons. The van der Waals surface area contributed by atoms with Gasteiger partial charge in [0.2, 0.25) is 11.8 Å². The molecule has 3 heterocycles. The van der Waals surface area contributed by atoms with Crippen molar-refractivity contribution in [3.63, 3.8) is 0 Å². The van der Waals surface area contributed by atoms with Gasteiger partial charge in [0.25, 0.3) is 5.91 Å². The number of nitrogens with zero attached hydrogens (tertiary/aromatic N) is 3. The number of likely N-dealkylation sites (tertiary alicyclic amines) is 1. The highest BCUT2D eigenvalue weighted by Gasteiger charge is 2.78. The van der Waals surface area contributed by atoms with Crippen molar-refractivity contribution in [2.24, 2.45) is 11.8 Å². The second-order valence-corrected chi connectivity index (χ2v) is 12.1. The maximum Gasteiger partial charge on any atom is 0.253 e. The molecule has 0 aromatic heterocycles. The van der Waals surface area contributed by atoms with Crippen molar-refractivity contribution in [1.29, 1.82) is 0 Å². The maximum absolute atomic E-state index is 14.7. The second kappa shape index (κ2) is 12.7. The zero-order chi connectivity index (χ0) is 32.5. The highest BCUT2D eigenvalue weighted by atomic mass is 16.5. The number of ether oxygens (including phenoxy) is 3. The van der Waals surface area contributed by atoms with Gasteiger partial charge in [-0.2, -0.15) is 0 Å². The third-order valence-electron chi connectivity index (χ3n) is 9.45. The van der Waals surface area contributed by atoms with Crippen LogP contribution in [-0.4, -0.2) is 84.4 Å². The minimum absolute atomic E-state index is 0.183. The molecule has 3 aliphatic rings. The van der Waals surface area contributed by atoms with Crippen molar-refractivity contribution in [2.45, 2.75) is 56.9 Å². The number of carbonyl (C=O) groups is 3. The highest BCUT2D eigenvalue weighted by Crippen LogP contribution is 2.64. The molecule has 240 valence electrons. The van der Waals surface area contributed by atoms with E-state index < -0.39 is 35.1 Å². The topological polar surface area (TPSA) is 109 Å². The van der Waals surface area contributed by atoms with Crippen molar-refractivity contribution in [1.82, 2.24) is 4.90 Å². The molecule has 1 spiro atoms. The molecular formula is C35H43N3O7. The van der Waals surface area contributed by atoms with Crippen molar-refractivity contribution >= 4 is 29.1 Å². The van der Waals surface area contributed by atoms with Crippen LogP contribution in [0.15, 0.2) is 73.8 Å². The van der Waals surface area contributed by atoms with Crippen LogP contribution in [-0.2, 0) is 19.1 Å². The SMILES string of the molecule is C=CCN(C(=O)C1N([C@H](C)CO)C(=O)[C@@H]2[C@H](C(=O)N(CC=C)c3ccc(OCC)cc3)[C@]3(C)CCC12O3)c1ccc(OC)cc1. The van der Waals surface area contributed by atoms with Gasteiger partial charge in [-0.1, -0.05) is 12.2 Å². The fourth-order valence-corrected chi connectivity index (χ4v) is 7.45. The average Bonchev–Trinajstić information content (AvgIpc) is 3.62. The van der Waals surface area contributed by atoms with Crippen LogP contribution in [0, 0.1) is 11.8 Å². The first-order chi connectivity index (χ1) is 21.6. The first kappa shape index (κ1) is 32.2. The number of rotatable bonds is 13. The lowest BCUT2D eigenvalue weighted by Gasteiger charge is -2.38. The summed E-state index contributed by atoms with van der Waals surface area (Å²) in [7, 11) is 1.57. The molecule has 0 aliphatic carbocycles. The van der Waals surface area contributed by atoms with Crippen LogP contribution < -0.4 is 19.3 Å². The van der Waals surface area contributed by atoms with E-state index in [2.05, 4.69) is 13.2 Å². The van der Waals surface area contributed by atoms with Gasteiger partial charge in [0.15, 0.2) is 0 Å². The molecule has 5 rings (SSSR count). The van der Waals surface area contributed by atoms with Crippen molar-refractivity contribution in [2.75, 3.05) is 43.2 Å². The number of anilines is 2. The van der Waals surface area contributed by atoms with Crippen LogP contribution in [0.3, 0.4) is 0 Å². The molecule has 2 aromatic carbocycles. The molecular weight excluding hydrogens is 574 g/mol. The number of aliphatic hydroxyl groups excluding tert-OH is 1. The van der Waals surface area contributed by atoms with Gasteiger partial charge >= 0.3 is 0 Å². The second-order valence-electron chi connectivity index (χ2n) is 12.1. The van der Waals surface area contributed by atoms with Crippen LogP contribution in [0.4, 0.5) is 11.4 Å². The minimum atomic E-state index is -1.25. The Labute approximate surface area is 264 Å². The van der Waals surface area contributed by atoms with E-state index in [4.69, 9.17) is 14.2 Å². The van der Waals surface area contributed by atoms with Crippen LogP contribution in [0.25, 0.3) is 0 Å². The number of hydrogen-bond donors (Lipinski definition) is 1. The molecule has 2 bridgehead atoms. The monoisotopic (exact) mass is 617 g/mol. The molecule has 10 heteroatoms. The van der Waals surface area contributed by atoms with E-state index >= 15 is 0 Å². The fraction of sp³-hybridized carbons (Fsp3) is 0.457. The lowest BCUT2D eigenvalue weighted by Crippen LogP contribution is -2.58. The van der Waals surface area contributed by atoms with E-state index in [1.807, 2.05) is 26.0 Å². The van der Waals surface area contributed by atoms with E-state index in [-0.39, 0.29) is 37.4 Å². The summed E-state index contributed by atoms with van der Waals surface area (Å²) in [4.78, 5) is 48.4.